The molecule has 258 valence electrons. The van der Waals surface area contributed by atoms with Gasteiger partial charge in [-0.25, -0.2) is 0 Å². The first-order valence-corrected chi connectivity index (χ1v) is 19.0. The van der Waals surface area contributed by atoms with Gasteiger partial charge in [-0.3, -0.25) is 0 Å². The number of benzene rings is 9. The fourth-order valence-corrected chi connectivity index (χ4v) is 8.74. The highest BCUT2D eigenvalue weighted by Gasteiger charge is 2.30. The number of hydrogen-bond acceptors (Lipinski definition) is 2. The van der Waals surface area contributed by atoms with E-state index in [1.807, 2.05) is 6.07 Å². The lowest BCUT2D eigenvalue weighted by Crippen LogP contribution is -2.09. The second kappa shape index (κ2) is 12.8. The van der Waals surface area contributed by atoms with E-state index in [9.17, 15) is 0 Å². The Kier molecular flexibility index (Phi) is 7.28. The molecule has 0 spiro atoms. The molecule has 1 aromatic heterocycles. The third-order valence-corrected chi connectivity index (χ3v) is 11.4. The molecule has 1 aliphatic carbocycles. The molecule has 2 nitrogen and oxygen atoms in total. The molecular formula is C53H35NO. The lowest BCUT2D eigenvalue weighted by molar-refractivity contribution is 0.669. The van der Waals surface area contributed by atoms with Gasteiger partial charge in [0, 0.05) is 33.8 Å². The maximum Gasteiger partial charge on any atom is 0.136 e. The normalized spacial score (nSPS) is 13.3. The fourth-order valence-electron chi connectivity index (χ4n) is 8.74. The Bertz CT molecular complexity index is 3020. The first-order valence-electron chi connectivity index (χ1n) is 19.0. The Morgan fingerprint density at radius 3 is 1.73 bits per heavy atom. The van der Waals surface area contributed by atoms with E-state index in [1.54, 1.807) is 0 Å². The Labute approximate surface area is 320 Å². The van der Waals surface area contributed by atoms with Crippen LogP contribution in [0.5, 0.6) is 0 Å². The van der Waals surface area contributed by atoms with Crippen LogP contribution in [-0.4, -0.2) is 0 Å². The van der Waals surface area contributed by atoms with Crippen molar-refractivity contribution in [3.05, 3.63) is 223 Å². The third-order valence-electron chi connectivity index (χ3n) is 11.4. The first-order chi connectivity index (χ1) is 27.3. The lowest BCUT2D eigenvalue weighted by Gasteiger charge is -2.26. The number of rotatable bonds is 6. The van der Waals surface area contributed by atoms with Crippen molar-refractivity contribution in [2.45, 2.75) is 5.92 Å². The molecule has 0 bridgehead atoms. The number of anilines is 3. The quantitative estimate of drug-likeness (QED) is 0.172. The molecule has 10 aromatic rings. The Morgan fingerprint density at radius 2 is 0.945 bits per heavy atom. The van der Waals surface area contributed by atoms with Gasteiger partial charge >= 0.3 is 0 Å². The van der Waals surface area contributed by atoms with E-state index in [-0.39, 0.29) is 5.92 Å². The minimum Gasteiger partial charge on any atom is -0.456 e. The van der Waals surface area contributed by atoms with Crippen molar-refractivity contribution in [2.24, 2.45) is 0 Å². The van der Waals surface area contributed by atoms with Crippen molar-refractivity contribution in [1.29, 1.82) is 0 Å². The third kappa shape index (κ3) is 5.26. The Morgan fingerprint density at radius 1 is 0.364 bits per heavy atom. The molecule has 0 N–H and O–H groups in total. The summed E-state index contributed by atoms with van der Waals surface area (Å²) in [6.45, 7) is 0. The average molecular weight is 702 g/mol. The minimum atomic E-state index is 0.244. The van der Waals surface area contributed by atoms with Gasteiger partial charge < -0.3 is 9.32 Å². The van der Waals surface area contributed by atoms with Crippen molar-refractivity contribution in [3.8, 4) is 33.4 Å². The van der Waals surface area contributed by atoms with Gasteiger partial charge in [0.1, 0.15) is 11.2 Å². The zero-order valence-corrected chi connectivity index (χ0v) is 30.1. The van der Waals surface area contributed by atoms with Crippen LogP contribution >= 0.6 is 0 Å². The number of furan rings is 1. The minimum absolute atomic E-state index is 0.244. The van der Waals surface area contributed by atoms with Crippen LogP contribution in [0.25, 0.3) is 66.1 Å². The molecule has 55 heavy (non-hydrogen) atoms. The smallest absolute Gasteiger partial charge is 0.136 e. The molecule has 0 saturated heterocycles. The number of fused-ring (bicyclic) bond motifs is 8. The topological polar surface area (TPSA) is 16.4 Å². The molecule has 1 aliphatic rings. The van der Waals surface area contributed by atoms with E-state index in [0.29, 0.717) is 0 Å². The summed E-state index contributed by atoms with van der Waals surface area (Å²) in [5, 5.41) is 4.65. The predicted octanol–water partition coefficient (Wildman–Crippen LogP) is 14.7. The lowest BCUT2D eigenvalue weighted by atomic mass is 9.89. The molecule has 1 heterocycles. The van der Waals surface area contributed by atoms with Crippen molar-refractivity contribution in [1.82, 2.24) is 0 Å². The van der Waals surface area contributed by atoms with Gasteiger partial charge in [0.2, 0.25) is 0 Å². The summed E-state index contributed by atoms with van der Waals surface area (Å²) in [5.74, 6) is 0.244. The zero-order chi connectivity index (χ0) is 36.3. The molecule has 9 aromatic carbocycles. The Balaban J connectivity index is 1.02. The molecule has 0 aliphatic heterocycles. The molecule has 11 rings (SSSR count). The average Bonchev–Trinajstić information content (AvgIpc) is 3.81. The van der Waals surface area contributed by atoms with Crippen LogP contribution in [0.15, 0.2) is 211 Å². The van der Waals surface area contributed by atoms with E-state index >= 15 is 0 Å². The first kappa shape index (κ1) is 31.4. The molecule has 0 saturated carbocycles. The zero-order valence-electron chi connectivity index (χ0n) is 30.1. The fraction of sp³-hybridized carbons (Fsp3) is 0.0189. The summed E-state index contributed by atoms with van der Waals surface area (Å²) in [4.78, 5) is 2.36. The molecule has 0 fully saturated rings. The van der Waals surface area contributed by atoms with Crippen molar-refractivity contribution in [2.75, 3.05) is 4.90 Å². The van der Waals surface area contributed by atoms with Gasteiger partial charge in [-0.2, -0.15) is 0 Å². The predicted molar refractivity (Wildman–Crippen MR) is 230 cm³/mol. The summed E-state index contributed by atoms with van der Waals surface area (Å²) >= 11 is 0. The molecule has 0 radical (unpaired) electrons. The van der Waals surface area contributed by atoms with Crippen LogP contribution in [0.4, 0.5) is 17.1 Å². The van der Waals surface area contributed by atoms with E-state index in [4.69, 9.17) is 4.42 Å². The Hall–Kier alpha value is -7.16. The van der Waals surface area contributed by atoms with Crippen LogP contribution < -0.4 is 4.90 Å². The summed E-state index contributed by atoms with van der Waals surface area (Å²) < 4.78 is 6.30. The number of nitrogens with zero attached hydrogens (tertiary/aromatic N) is 1. The maximum absolute atomic E-state index is 6.30. The van der Waals surface area contributed by atoms with Gasteiger partial charge in [-0.1, -0.05) is 152 Å². The van der Waals surface area contributed by atoms with Crippen molar-refractivity contribution in [3.63, 3.8) is 0 Å². The van der Waals surface area contributed by atoms with Crippen molar-refractivity contribution < 1.29 is 4.42 Å². The summed E-state index contributed by atoms with van der Waals surface area (Å²) in [7, 11) is 0. The van der Waals surface area contributed by atoms with Crippen molar-refractivity contribution >= 4 is 49.8 Å². The molecule has 1 unspecified atom stereocenters. The van der Waals surface area contributed by atoms with Crippen LogP contribution in [0.3, 0.4) is 0 Å². The largest absolute Gasteiger partial charge is 0.456 e. The SMILES string of the molecule is c1ccc(-c2ccc(N(c3ccc(-c4ccc5c(c4)-c4ccccc4C5c4ccccc4)cc3)c3ccc4ccc5oc6ccccc6c5c4c3)cc2)cc1. The summed E-state index contributed by atoms with van der Waals surface area (Å²) in [6, 6.07) is 74.7. The van der Waals surface area contributed by atoms with E-state index in [1.165, 1.54) is 60.8 Å². The van der Waals surface area contributed by atoms with Crippen LogP contribution in [-0.2, 0) is 0 Å². The molecule has 0 amide bonds. The summed E-state index contributed by atoms with van der Waals surface area (Å²) in [5.41, 5.74) is 16.6. The van der Waals surface area contributed by atoms with E-state index in [2.05, 4.69) is 205 Å². The number of hydrogen-bond donors (Lipinski definition) is 0. The van der Waals surface area contributed by atoms with E-state index in [0.717, 1.165) is 39.0 Å². The maximum atomic E-state index is 6.30. The second-order valence-electron chi connectivity index (χ2n) is 14.5. The van der Waals surface area contributed by atoms with Crippen LogP contribution in [0.1, 0.15) is 22.6 Å². The molecule has 1 atom stereocenters. The van der Waals surface area contributed by atoms with Gasteiger partial charge in [-0.05, 0) is 115 Å². The molecular weight excluding hydrogens is 667 g/mol. The second-order valence-corrected chi connectivity index (χ2v) is 14.5. The van der Waals surface area contributed by atoms with Gasteiger partial charge in [0.25, 0.3) is 0 Å². The van der Waals surface area contributed by atoms with Gasteiger partial charge in [0.15, 0.2) is 0 Å². The molecule has 2 heteroatoms. The van der Waals surface area contributed by atoms with Gasteiger partial charge in [-0.15, -0.1) is 0 Å². The standard InChI is InChI=1S/C53H35NO/c1-3-11-35(12-4-1)36-19-26-41(27-20-36)54(43-30-23-38-25-32-51-53(48(38)34-43)47-17-9-10-18-50(47)55-51)42-28-21-37(22-29-42)40-24-31-46-49(33-40)44-15-7-8-16-45(44)52(46)39-13-5-2-6-14-39/h1-34,52H. The van der Waals surface area contributed by atoms with E-state index < -0.39 is 0 Å². The monoisotopic (exact) mass is 701 g/mol. The summed E-state index contributed by atoms with van der Waals surface area (Å²) in [6.07, 6.45) is 0. The highest BCUT2D eigenvalue weighted by Crippen LogP contribution is 2.49. The van der Waals surface area contributed by atoms with Crippen LogP contribution in [0.2, 0.25) is 0 Å². The number of para-hydroxylation sites is 1. The highest BCUT2D eigenvalue weighted by atomic mass is 16.3. The van der Waals surface area contributed by atoms with Crippen LogP contribution in [0, 0.1) is 0 Å². The highest BCUT2D eigenvalue weighted by molar-refractivity contribution is 6.19. The van der Waals surface area contributed by atoms with Gasteiger partial charge in [0.05, 0.1) is 0 Å².